The number of hydrogen-bond donors (Lipinski definition) is 3. The molecule has 2 amide bonds. The molecule has 0 aliphatic carbocycles. The van der Waals surface area contributed by atoms with Crippen LogP contribution in [0, 0.1) is 12.8 Å². The first kappa shape index (κ1) is 29.6. The van der Waals surface area contributed by atoms with Gasteiger partial charge in [0.2, 0.25) is 5.91 Å². The lowest BCUT2D eigenvalue weighted by molar-refractivity contribution is -0.141. The summed E-state index contributed by atoms with van der Waals surface area (Å²) in [6.07, 6.45) is -2.55. The van der Waals surface area contributed by atoms with Crippen LogP contribution >= 0.6 is 0 Å². The van der Waals surface area contributed by atoms with Gasteiger partial charge in [-0.1, -0.05) is 24.3 Å². The number of halogens is 3. The third kappa shape index (κ3) is 7.45. The van der Waals surface area contributed by atoms with Crippen LogP contribution in [0.15, 0.2) is 66.7 Å². The Bertz CT molecular complexity index is 1400. The van der Waals surface area contributed by atoms with E-state index < -0.39 is 23.8 Å². The molecule has 0 saturated carbocycles. The van der Waals surface area contributed by atoms with Gasteiger partial charge in [-0.05, 0) is 91.8 Å². The molecule has 0 spiro atoms. The number of aliphatic carboxylic acids is 1. The molecule has 0 aromatic heterocycles. The highest BCUT2D eigenvalue weighted by atomic mass is 19.4. The van der Waals surface area contributed by atoms with Crippen molar-refractivity contribution in [1.29, 1.82) is 0 Å². The molecular formula is C31H32F3N3O4. The molecule has 41 heavy (non-hydrogen) atoms. The lowest BCUT2D eigenvalue weighted by Gasteiger charge is -2.33. The normalized spacial score (nSPS) is 14.8. The smallest absolute Gasteiger partial charge is 0.416 e. The van der Waals surface area contributed by atoms with E-state index in [0.29, 0.717) is 28.8 Å². The first-order valence-corrected chi connectivity index (χ1v) is 13.4. The van der Waals surface area contributed by atoms with Crippen LogP contribution in [0.25, 0.3) is 11.1 Å². The van der Waals surface area contributed by atoms with Gasteiger partial charge >= 0.3 is 12.1 Å². The number of carboxylic acid groups (broad SMARTS) is 1. The molecule has 0 unspecified atom stereocenters. The number of carbonyl (C=O) groups is 3. The molecule has 4 rings (SSSR count). The zero-order valence-corrected chi connectivity index (χ0v) is 22.8. The average Bonchev–Trinajstić information content (AvgIpc) is 2.93. The number of anilines is 2. The predicted molar refractivity (Wildman–Crippen MR) is 151 cm³/mol. The molecule has 7 nitrogen and oxygen atoms in total. The van der Waals surface area contributed by atoms with E-state index in [-0.39, 0.29) is 17.7 Å². The summed E-state index contributed by atoms with van der Waals surface area (Å²) in [5.74, 6) is -1.51. The Balaban J connectivity index is 1.37. The van der Waals surface area contributed by atoms with Gasteiger partial charge in [-0.2, -0.15) is 13.2 Å². The van der Waals surface area contributed by atoms with Crippen LogP contribution in [0.2, 0.25) is 0 Å². The molecule has 1 saturated heterocycles. The first-order valence-electron chi connectivity index (χ1n) is 13.4. The molecule has 1 aliphatic rings. The van der Waals surface area contributed by atoms with E-state index in [2.05, 4.69) is 15.5 Å². The largest absolute Gasteiger partial charge is 0.480 e. The Morgan fingerprint density at radius 3 is 2.20 bits per heavy atom. The molecular weight excluding hydrogens is 535 g/mol. The SMILES string of the molecule is Cc1cccc(C(=O)Nc2ccc(N3CCC(CC(=O)N[C@@H](C)C(=O)O)CC3)cc2)c1-c1ccc(C(F)(F)F)cc1. The number of benzene rings is 3. The fraction of sp³-hybridized carbons (Fsp3) is 0.323. The number of alkyl halides is 3. The van der Waals surface area contributed by atoms with Crippen molar-refractivity contribution < 1.29 is 32.7 Å². The number of amides is 2. The summed E-state index contributed by atoms with van der Waals surface area (Å²) >= 11 is 0. The van der Waals surface area contributed by atoms with Gasteiger partial charge in [0, 0.05) is 36.4 Å². The fourth-order valence-corrected chi connectivity index (χ4v) is 5.04. The zero-order valence-electron chi connectivity index (χ0n) is 22.8. The van der Waals surface area contributed by atoms with Crippen LogP contribution in [0.5, 0.6) is 0 Å². The van der Waals surface area contributed by atoms with E-state index in [1.54, 1.807) is 24.3 Å². The van der Waals surface area contributed by atoms with Crippen molar-refractivity contribution in [2.24, 2.45) is 5.92 Å². The molecule has 1 heterocycles. The number of aryl methyl sites for hydroxylation is 1. The van der Waals surface area contributed by atoms with Gasteiger partial charge in [-0.25, -0.2) is 0 Å². The van der Waals surface area contributed by atoms with Crippen LogP contribution in [-0.2, 0) is 15.8 Å². The summed E-state index contributed by atoms with van der Waals surface area (Å²) in [6.45, 7) is 4.74. The summed E-state index contributed by atoms with van der Waals surface area (Å²) in [5, 5.41) is 14.3. The number of carboxylic acids is 1. The topological polar surface area (TPSA) is 98.7 Å². The van der Waals surface area contributed by atoms with Crippen molar-refractivity contribution >= 4 is 29.2 Å². The van der Waals surface area contributed by atoms with Crippen molar-refractivity contribution in [3.63, 3.8) is 0 Å². The highest BCUT2D eigenvalue weighted by molar-refractivity contribution is 6.09. The molecule has 1 aliphatic heterocycles. The van der Waals surface area contributed by atoms with Gasteiger partial charge in [0.1, 0.15) is 6.04 Å². The van der Waals surface area contributed by atoms with Crippen molar-refractivity contribution in [3.8, 4) is 11.1 Å². The lowest BCUT2D eigenvalue weighted by atomic mass is 9.92. The average molecular weight is 568 g/mol. The standard InChI is InChI=1S/C31H32F3N3O4/c1-19-4-3-5-26(28(19)22-6-8-23(9-7-22)31(32,33)34)29(39)36-24-10-12-25(13-11-24)37-16-14-21(15-17-37)18-27(38)35-20(2)30(40)41/h3-13,20-21H,14-18H2,1-2H3,(H,35,38)(H,36,39)(H,40,41)/t20-/m0/s1. The van der Waals surface area contributed by atoms with Gasteiger partial charge in [0.05, 0.1) is 5.56 Å². The van der Waals surface area contributed by atoms with Gasteiger partial charge < -0.3 is 20.6 Å². The van der Waals surface area contributed by atoms with E-state index in [1.165, 1.54) is 19.1 Å². The quantitative estimate of drug-likeness (QED) is 0.304. The van der Waals surface area contributed by atoms with E-state index in [9.17, 15) is 27.6 Å². The highest BCUT2D eigenvalue weighted by Crippen LogP contribution is 2.33. The molecule has 10 heteroatoms. The number of nitrogens with zero attached hydrogens (tertiary/aromatic N) is 1. The number of nitrogens with one attached hydrogen (secondary N) is 2. The molecule has 3 N–H and O–H groups in total. The second-order valence-electron chi connectivity index (χ2n) is 10.3. The van der Waals surface area contributed by atoms with Gasteiger partial charge in [0.25, 0.3) is 5.91 Å². The molecule has 1 fully saturated rings. The minimum Gasteiger partial charge on any atom is -0.480 e. The maximum atomic E-state index is 13.2. The second-order valence-corrected chi connectivity index (χ2v) is 10.3. The minimum absolute atomic E-state index is 0.180. The van der Waals surface area contributed by atoms with Gasteiger partial charge in [-0.15, -0.1) is 0 Å². The fourth-order valence-electron chi connectivity index (χ4n) is 5.04. The molecule has 3 aromatic carbocycles. The van der Waals surface area contributed by atoms with Crippen molar-refractivity contribution in [3.05, 3.63) is 83.4 Å². The van der Waals surface area contributed by atoms with E-state index >= 15 is 0 Å². The van der Waals surface area contributed by atoms with E-state index in [1.807, 2.05) is 25.1 Å². The molecule has 216 valence electrons. The van der Waals surface area contributed by atoms with Crippen LogP contribution in [0.3, 0.4) is 0 Å². The Kier molecular flexibility index (Phi) is 9.00. The zero-order chi connectivity index (χ0) is 29.7. The summed E-state index contributed by atoms with van der Waals surface area (Å²) in [7, 11) is 0. The number of hydrogen-bond acceptors (Lipinski definition) is 4. The summed E-state index contributed by atoms with van der Waals surface area (Å²) in [4.78, 5) is 38.5. The first-order chi connectivity index (χ1) is 19.4. The Labute approximate surface area is 236 Å². The molecule has 0 bridgehead atoms. The van der Waals surface area contributed by atoms with Gasteiger partial charge in [-0.3, -0.25) is 14.4 Å². The maximum absolute atomic E-state index is 13.2. The number of piperidine rings is 1. The summed E-state index contributed by atoms with van der Waals surface area (Å²) < 4.78 is 39.1. The van der Waals surface area contributed by atoms with Crippen molar-refractivity contribution in [1.82, 2.24) is 5.32 Å². The Morgan fingerprint density at radius 2 is 1.61 bits per heavy atom. The van der Waals surface area contributed by atoms with Crippen LogP contribution in [0.1, 0.15) is 47.7 Å². The van der Waals surface area contributed by atoms with Crippen LogP contribution < -0.4 is 15.5 Å². The third-order valence-electron chi connectivity index (χ3n) is 7.35. The van der Waals surface area contributed by atoms with Gasteiger partial charge in [0.15, 0.2) is 0 Å². The van der Waals surface area contributed by atoms with Crippen molar-refractivity contribution in [2.45, 2.75) is 45.3 Å². The number of carbonyl (C=O) groups excluding carboxylic acids is 2. The Morgan fingerprint density at radius 1 is 0.976 bits per heavy atom. The van der Waals surface area contributed by atoms with E-state index in [0.717, 1.165) is 49.3 Å². The number of rotatable bonds is 8. The maximum Gasteiger partial charge on any atom is 0.416 e. The second kappa shape index (κ2) is 12.4. The van der Waals surface area contributed by atoms with Crippen LogP contribution in [0.4, 0.5) is 24.5 Å². The van der Waals surface area contributed by atoms with Crippen molar-refractivity contribution in [2.75, 3.05) is 23.3 Å². The lowest BCUT2D eigenvalue weighted by Crippen LogP contribution is -2.40. The minimum atomic E-state index is -4.44. The monoisotopic (exact) mass is 567 g/mol. The molecule has 3 aromatic rings. The van der Waals surface area contributed by atoms with Crippen LogP contribution in [-0.4, -0.2) is 42.0 Å². The highest BCUT2D eigenvalue weighted by Gasteiger charge is 2.30. The molecule has 1 atom stereocenters. The predicted octanol–water partition coefficient (Wildman–Crippen LogP) is 6.13. The Hall–Kier alpha value is -4.34. The summed E-state index contributed by atoms with van der Waals surface area (Å²) in [6, 6.07) is 16.5. The summed E-state index contributed by atoms with van der Waals surface area (Å²) in [5.41, 5.74) is 3.03. The molecule has 0 radical (unpaired) electrons. The van der Waals surface area contributed by atoms with E-state index in [4.69, 9.17) is 5.11 Å². The third-order valence-corrected chi connectivity index (χ3v) is 7.35.